The van der Waals surface area contributed by atoms with Crippen LogP contribution in [-0.2, 0) is 5.54 Å². The highest BCUT2D eigenvalue weighted by molar-refractivity contribution is 5.88. The average molecular weight is 475 g/mol. The maximum Gasteiger partial charge on any atom is 0.128 e. The normalized spacial score (nSPS) is 23.8. The van der Waals surface area contributed by atoms with E-state index in [0.29, 0.717) is 41.0 Å². The molecule has 0 aliphatic carbocycles. The van der Waals surface area contributed by atoms with E-state index in [9.17, 15) is 13.2 Å². The molecule has 1 aliphatic rings. The number of alkyl halides is 2. The predicted molar refractivity (Wildman–Crippen MR) is 136 cm³/mol. The molecule has 0 saturated carbocycles. The van der Waals surface area contributed by atoms with Crippen LogP contribution in [0.2, 0.25) is 0 Å². The number of aromatic nitrogens is 1. The van der Waals surface area contributed by atoms with Gasteiger partial charge >= 0.3 is 0 Å². The molecule has 4 atom stereocenters. The molecular weight excluding hydrogens is 437 g/mol. The van der Waals surface area contributed by atoms with Crippen molar-refractivity contribution in [2.24, 2.45) is 16.1 Å². The Hall–Kier alpha value is -2.83. The van der Waals surface area contributed by atoms with Crippen LogP contribution in [0, 0.1) is 18.2 Å². The number of pyridine rings is 1. The van der Waals surface area contributed by atoms with Crippen molar-refractivity contribution in [2.75, 3.05) is 5.32 Å². The number of aliphatic imine (C=N–C) groups is 1. The van der Waals surface area contributed by atoms with E-state index >= 15 is 0 Å². The Kier molecular flexibility index (Phi) is 8.56. The molecule has 4 nitrogen and oxygen atoms in total. The van der Waals surface area contributed by atoms with Crippen molar-refractivity contribution < 1.29 is 13.2 Å². The van der Waals surface area contributed by atoms with E-state index in [0.717, 1.165) is 5.56 Å². The summed E-state index contributed by atoms with van der Waals surface area (Å²) in [6, 6.07) is 6.37. The van der Waals surface area contributed by atoms with Crippen molar-refractivity contribution in [3.8, 4) is 0 Å². The van der Waals surface area contributed by atoms with Gasteiger partial charge in [-0.25, -0.2) is 13.2 Å². The number of nitrogens with zero attached hydrogens (tertiary/aromatic N) is 2. The molecule has 0 radical (unpaired) electrons. The van der Waals surface area contributed by atoms with Gasteiger partial charge in [-0.05, 0) is 77.3 Å². The summed E-state index contributed by atoms with van der Waals surface area (Å²) in [6.07, 6.45) is 0.146. The van der Waals surface area contributed by atoms with Crippen molar-refractivity contribution in [2.45, 2.75) is 79.2 Å². The minimum Gasteiger partial charge on any atom is -0.387 e. The van der Waals surface area contributed by atoms with Gasteiger partial charge in [0.15, 0.2) is 0 Å². The van der Waals surface area contributed by atoms with Gasteiger partial charge in [0.25, 0.3) is 0 Å². The fourth-order valence-electron chi connectivity index (χ4n) is 4.06. The van der Waals surface area contributed by atoms with Crippen LogP contribution < -0.4 is 11.1 Å². The van der Waals surface area contributed by atoms with Gasteiger partial charge in [0.05, 0.1) is 22.3 Å². The van der Waals surface area contributed by atoms with Gasteiger partial charge in [0.1, 0.15) is 24.0 Å². The highest BCUT2D eigenvalue weighted by Gasteiger charge is 2.44. The molecule has 1 aromatic carbocycles. The topological polar surface area (TPSA) is 63.3 Å². The standard InChI is InChI=1S/C25H31F3N4.C2H6/c1-14-11-18(15(2)26)13-30-22(14)16(3)31-19-7-8-21(28)20(12-19)25(6)10-9-24(5,17(4)27)23(29)32-25;1-2/h7-8,11-13,15,17,31H,3,9-10H2,1-2,4-6H3,(H2,29,32);1-2H3/t15?,17?,24-,25-;/m0./s1. The summed E-state index contributed by atoms with van der Waals surface area (Å²) in [6.45, 7) is 16.4. The number of amidine groups is 1. The summed E-state index contributed by atoms with van der Waals surface area (Å²) in [5.41, 5.74) is 7.75. The average Bonchev–Trinajstić information content (AvgIpc) is 2.78. The molecule has 7 heteroatoms. The van der Waals surface area contributed by atoms with Gasteiger partial charge in [-0.3, -0.25) is 9.98 Å². The highest BCUT2D eigenvalue weighted by atomic mass is 19.1. The molecule has 0 saturated heterocycles. The molecule has 1 aliphatic heterocycles. The number of anilines is 1. The zero-order valence-electron chi connectivity index (χ0n) is 21.3. The number of nitrogens with one attached hydrogen (secondary N) is 1. The van der Waals surface area contributed by atoms with Gasteiger partial charge in [-0.1, -0.05) is 20.4 Å². The lowest BCUT2D eigenvalue weighted by Crippen LogP contribution is -2.47. The minimum absolute atomic E-state index is 0.199. The molecule has 0 spiro atoms. The molecule has 2 aromatic rings. The largest absolute Gasteiger partial charge is 0.387 e. The van der Waals surface area contributed by atoms with E-state index in [2.05, 4.69) is 21.9 Å². The lowest BCUT2D eigenvalue weighted by molar-refractivity contribution is 0.168. The van der Waals surface area contributed by atoms with E-state index in [1.165, 1.54) is 26.1 Å². The third kappa shape index (κ3) is 5.45. The first-order valence-corrected chi connectivity index (χ1v) is 11.7. The second-order valence-corrected chi connectivity index (χ2v) is 9.15. The monoisotopic (exact) mass is 474 g/mol. The van der Waals surface area contributed by atoms with Crippen LogP contribution in [-0.4, -0.2) is 17.0 Å². The zero-order valence-corrected chi connectivity index (χ0v) is 21.3. The lowest BCUT2D eigenvalue weighted by atomic mass is 9.72. The van der Waals surface area contributed by atoms with Crippen LogP contribution in [0.25, 0.3) is 5.70 Å². The maximum atomic E-state index is 14.8. The van der Waals surface area contributed by atoms with E-state index in [4.69, 9.17) is 5.73 Å². The smallest absolute Gasteiger partial charge is 0.128 e. The zero-order chi connectivity index (χ0) is 25.8. The Morgan fingerprint density at radius 3 is 2.32 bits per heavy atom. The number of halogens is 3. The van der Waals surface area contributed by atoms with Gasteiger partial charge in [0.2, 0.25) is 0 Å². The number of hydrogen-bond donors (Lipinski definition) is 2. The van der Waals surface area contributed by atoms with Gasteiger partial charge in [0, 0.05) is 23.0 Å². The Labute approximate surface area is 201 Å². The molecule has 186 valence electrons. The summed E-state index contributed by atoms with van der Waals surface area (Å²) in [5.74, 6) is -0.210. The highest BCUT2D eigenvalue weighted by Crippen LogP contribution is 2.44. The number of benzene rings is 1. The minimum atomic E-state index is -1.15. The van der Waals surface area contributed by atoms with Gasteiger partial charge in [-0.15, -0.1) is 0 Å². The quantitative estimate of drug-likeness (QED) is 0.458. The van der Waals surface area contributed by atoms with Crippen molar-refractivity contribution in [3.05, 3.63) is 65.2 Å². The second kappa shape index (κ2) is 10.6. The Bertz CT molecular complexity index is 1060. The molecule has 1 aromatic heterocycles. The van der Waals surface area contributed by atoms with Crippen molar-refractivity contribution in [3.63, 3.8) is 0 Å². The van der Waals surface area contributed by atoms with E-state index in [1.807, 2.05) is 27.7 Å². The van der Waals surface area contributed by atoms with Crippen LogP contribution in [0.3, 0.4) is 0 Å². The summed E-state index contributed by atoms with van der Waals surface area (Å²) in [5, 5.41) is 3.16. The number of nitrogens with two attached hydrogens (primary N) is 1. The van der Waals surface area contributed by atoms with Crippen LogP contribution in [0.15, 0.2) is 42.0 Å². The molecule has 0 fully saturated rings. The van der Waals surface area contributed by atoms with Crippen LogP contribution in [0.1, 0.15) is 82.9 Å². The first-order chi connectivity index (χ1) is 15.9. The fourth-order valence-corrected chi connectivity index (χ4v) is 4.06. The van der Waals surface area contributed by atoms with E-state index in [-0.39, 0.29) is 5.84 Å². The summed E-state index contributed by atoms with van der Waals surface area (Å²) in [7, 11) is 0. The van der Waals surface area contributed by atoms with E-state index in [1.54, 1.807) is 25.1 Å². The number of aryl methyl sites for hydroxylation is 1. The van der Waals surface area contributed by atoms with Crippen molar-refractivity contribution >= 4 is 17.2 Å². The fraction of sp³-hybridized carbons (Fsp3) is 0.481. The van der Waals surface area contributed by atoms with Crippen LogP contribution in [0.5, 0.6) is 0 Å². The summed E-state index contributed by atoms with van der Waals surface area (Å²) >= 11 is 0. The molecular formula is C27H37F3N4. The van der Waals surface area contributed by atoms with Crippen molar-refractivity contribution in [1.29, 1.82) is 0 Å². The molecule has 3 rings (SSSR count). The van der Waals surface area contributed by atoms with Crippen LogP contribution >= 0.6 is 0 Å². The SMILES string of the molecule is C=C(Nc1ccc(F)c([C@]2(C)CC[C@@](C)(C(C)F)C(N)=N2)c1)c1ncc(C(C)F)cc1C.CC. The Balaban J connectivity index is 0.00000199. The predicted octanol–water partition coefficient (Wildman–Crippen LogP) is 7.40. The van der Waals surface area contributed by atoms with Crippen molar-refractivity contribution in [1.82, 2.24) is 4.98 Å². The first kappa shape index (κ1) is 27.4. The third-order valence-electron chi connectivity index (χ3n) is 6.65. The maximum absolute atomic E-state index is 14.8. The number of rotatable bonds is 6. The first-order valence-electron chi connectivity index (χ1n) is 11.7. The molecule has 2 heterocycles. The molecule has 0 bridgehead atoms. The third-order valence-corrected chi connectivity index (χ3v) is 6.65. The van der Waals surface area contributed by atoms with Gasteiger partial charge < -0.3 is 11.1 Å². The summed E-state index contributed by atoms with van der Waals surface area (Å²) < 4.78 is 42.5. The Morgan fingerprint density at radius 1 is 1.15 bits per heavy atom. The van der Waals surface area contributed by atoms with E-state index < -0.39 is 29.1 Å². The second-order valence-electron chi connectivity index (χ2n) is 9.15. The molecule has 2 unspecified atom stereocenters. The molecule has 34 heavy (non-hydrogen) atoms. The van der Waals surface area contributed by atoms with Gasteiger partial charge in [-0.2, -0.15) is 0 Å². The lowest BCUT2D eigenvalue weighted by Gasteiger charge is -2.41. The molecule has 0 amide bonds. The Morgan fingerprint density at radius 2 is 1.79 bits per heavy atom. The van der Waals surface area contributed by atoms with Crippen LogP contribution in [0.4, 0.5) is 18.9 Å². The molecule has 3 N–H and O–H groups in total. The number of hydrogen-bond acceptors (Lipinski definition) is 4. The summed E-state index contributed by atoms with van der Waals surface area (Å²) in [4.78, 5) is 8.89.